The first-order valence-electron chi connectivity index (χ1n) is 6.14. The average Bonchev–Trinajstić information content (AvgIpc) is 3.08. The van der Waals surface area contributed by atoms with Gasteiger partial charge >= 0.3 is 0 Å². The zero-order valence-electron chi connectivity index (χ0n) is 10.6. The highest BCUT2D eigenvalue weighted by atomic mass is 32.2. The van der Waals surface area contributed by atoms with Gasteiger partial charge in [0, 0.05) is 6.42 Å². The number of aryl methyl sites for hydroxylation is 1. The Labute approximate surface area is 108 Å². The molecule has 1 saturated heterocycles. The summed E-state index contributed by atoms with van der Waals surface area (Å²) in [5, 5.41) is 0. The number of benzene rings is 1. The molecule has 1 aliphatic rings. The van der Waals surface area contributed by atoms with Crippen LogP contribution in [0.5, 0.6) is 0 Å². The van der Waals surface area contributed by atoms with Gasteiger partial charge in [0.2, 0.25) is 0 Å². The van der Waals surface area contributed by atoms with Crippen LogP contribution < -0.4 is 0 Å². The van der Waals surface area contributed by atoms with Crippen LogP contribution in [0, 0.1) is 6.92 Å². The average molecular weight is 270 g/mol. The second-order valence-corrected chi connectivity index (χ2v) is 6.11. The molecule has 1 aliphatic heterocycles. The van der Waals surface area contributed by atoms with Gasteiger partial charge in [0.15, 0.2) is 0 Å². The lowest BCUT2D eigenvalue weighted by atomic mass is 10.2. The highest BCUT2D eigenvalue weighted by Gasteiger charge is 2.36. The molecule has 1 aromatic rings. The minimum absolute atomic E-state index is 0.170. The minimum atomic E-state index is -3.62. The van der Waals surface area contributed by atoms with Crippen LogP contribution in [-0.2, 0) is 19.0 Å². The first kappa shape index (κ1) is 13.5. The van der Waals surface area contributed by atoms with Crippen molar-refractivity contribution in [1.82, 2.24) is 0 Å². The standard InChI is InChI=1S/C13H18O4S/c1-3-12-13(17-12)8-9-16-18(14,15)11-6-4-10(2)5-7-11/h4-7,12-13H,3,8-9H2,1-2H3/t12-,13-/m0/s1. The summed E-state index contributed by atoms with van der Waals surface area (Å²) in [6.45, 7) is 4.14. The molecule has 0 saturated carbocycles. The molecule has 0 radical (unpaired) electrons. The van der Waals surface area contributed by atoms with Crippen molar-refractivity contribution >= 4 is 10.1 Å². The van der Waals surface area contributed by atoms with Crippen LogP contribution in [0.25, 0.3) is 0 Å². The van der Waals surface area contributed by atoms with Crippen molar-refractivity contribution in [3.63, 3.8) is 0 Å². The number of hydrogen-bond acceptors (Lipinski definition) is 4. The van der Waals surface area contributed by atoms with Crippen LogP contribution in [0.1, 0.15) is 25.3 Å². The summed E-state index contributed by atoms with van der Waals surface area (Å²) >= 11 is 0. The first-order valence-corrected chi connectivity index (χ1v) is 7.55. The van der Waals surface area contributed by atoms with Gasteiger partial charge in [0.05, 0.1) is 23.7 Å². The molecule has 1 heterocycles. The molecular formula is C13H18O4S. The van der Waals surface area contributed by atoms with Gasteiger partial charge in [0.25, 0.3) is 10.1 Å². The Hall–Kier alpha value is -0.910. The number of rotatable bonds is 6. The third kappa shape index (κ3) is 3.31. The Morgan fingerprint density at radius 1 is 1.22 bits per heavy atom. The van der Waals surface area contributed by atoms with Crippen molar-refractivity contribution in [3.05, 3.63) is 29.8 Å². The van der Waals surface area contributed by atoms with Crippen LogP contribution in [0.4, 0.5) is 0 Å². The van der Waals surface area contributed by atoms with E-state index in [-0.39, 0.29) is 23.7 Å². The van der Waals surface area contributed by atoms with E-state index in [9.17, 15) is 8.42 Å². The maximum absolute atomic E-state index is 11.8. The summed E-state index contributed by atoms with van der Waals surface area (Å²) in [5.41, 5.74) is 1.02. The number of ether oxygens (including phenoxy) is 1. The van der Waals surface area contributed by atoms with Crippen LogP contribution >= 0.6 is 0 Å². The monoisotopic (exact) mass is 270 g/mol. The molecule has 0 N–H and O–H groups in total. The molecule has 0 bridgehead atoms. The van der Waals surface area contributed by atoms with Gasteiger partial charge in [-0.15, -0.1) is 0 Å². The van der Waals surface area contributed by atoms with Gasteiger partial charge < -0.3 is 4.74 Å². The number of epoxide rings is 1. The van der Waals surface area contributed by atoms with E-state index in [0.717, 1.165) is 12.0 Å². The third-order valence-electron chi connectivity index (χ3n) is 3.04. The zero-order valence-corrected chi connectivity index (χ0v) is 11.4. The molecule has 0 aliphatic carbocycles. The molecule has 0 unspecified atom stereocenters. The zero-order chi connectivity index (χ0) is 13.2. The lowest BCUT2D eigenvalue weighted by Crippen LogP contribution is -2.09. The summed E-state index contributed by atoms with van der Waals surface area (Å²) in [7, 11) is -3.62. The quantitative estimate of drug-likeness (QED) is 0.588. The predicted octanol–water partition coefficient (Wildman–Crippen LogP) is 2.27. The fourth-order valence-corrected chi connectivity index (χ4v) is 2.76. The molecule has 2 rings (SSSR count). The van der Waals surface area contributed by atoms with Crippen LogP contribution in [-0.4, -0.2) is 27.2 Å². The topological polar surface area (TPSA) is 55.9 Å². The Morgan fingerprint density at radius 3 is 2.44 bits per heavy atom. The molecular weight excluding hydrogens is 252 g/mol. The molecule has 18 heavy (non-hydrogen) atoms. The van der Waals surface area contributed by atoms with Gasteiger partial charge in [-0.05, 0) is 25.5 Å². The van der Waals surface area contributed by atoms with Gasteiger partial charge in [-0.1, -0.05) is 24.6 Å². The maximum atomic E-state index is 11.8. The second kappa shape index (κ2) is 5.38. The van der Waals surface area contributed by atoms with Crippen molar-refractivity contribution < 1.29 is 17.3 Å². The van der Waals surface area contributed by atoms with Crippen LogP contribution in [0.2, 0.25) is 0 Å². The molecule has 100 valence electrons. The Bertz CT molecular complexity index is 492. The smallest absolute Gasteiger partial charge is 0.296 e. The third-order valence-corrected chi connectivity index (χ3v) is 4.37. The van der Waals surface area contributed by atoms with Crippen molar-refractivity contribution in [2.75, 3.05) is 6.61 Å². The number of hydrogen-bond donors (Lipinski definition) is 0. The lowest BCUT2D eigenvalue weighted by molar-refractivity contribution is 0.283. The van der Waals surface area contributed by atoms with Gasteiger partial charge in [-0.3, -0.25) is 4.18 Å². The van der Waals surface area contributed by atoms with E-state index in [4.69, 9.17) is 8.92 Å². The van der Waals surface area contributed by atoms with Gasteiger partial charge in [0.1, 0.15) is 0 Å². The van der Waals surface area contributed by atoms with Gasteiger partial charge in [-0.2, -0.15) is 8.42 Å². The Kier molecular flexibility index (Phi) is 4.04. The summed E-state index contributed by atoms with van der Waals surface area (Å²) < 4.78 is 34.0. The molecule has 1 aromatic carbocycles. The SMILES string of the molecule is CC[C@@H]1O[C@H]1CCOS(=O)(=O)c1ccc(C)cc1. The van der Waals surface area contributed by atoms with E-state index in [1.807, 2.05) is 6.92 Å². The van der Waals surface area contributed by atoms with Crippen molar-refractivity contribution in [2.24, 2.45) is 0 Å². The van der Waals surface area contributed by atoms with Crippen molar-refractivity contribution in [3.8, 4) is 0 Å². The molecule has 5 heteroatoms. The van der Waals surface area contributed by atoms with E-state index in [0.29, 0.717) is 6.42 Å². The Balaban J connectivity index is 1.86. The van der Waals surface area contributed by atoms with Crippen molar-refractivity contribution in [1.29, 1.82) is 0 Å². The Morgan fingerprint density at radius 2 is 1.89 bits per heavy atom. The summed E-state index contributed by atoms with van der Waals surface area (Å²) in [5.74, 6) is 0. The summed E-state index contributed by atoms with van der Waals surface area (Å²) in [4.78, 5) is 0.205. The molecule has 2 atom stereocenters. The predicted molar refractivity (Wildman–Crippen MR) is 67.9 cm³/mol. The molecule has 0 spiro atoms. The first-order chi connectivity index (χ1) is 8.53. The van der Waals surface area contributed by atoms with Crippen molar-refractivity contribution in [2.45, 2.75) is 43.8 Å². The summed E-state index contributed by atoms with van der Waals surface area (Å²) in [6, 6.07) is 6.64. The van der Waals surface area contributed by atoms with E-state index in [2.05, 4.69) is 6.92 Å². The van der Waals surface area contributed by atoms with E-state index < -0.39 is 10.1 Å². The van der Waals surface area contributed by atoms with Gasteiger partial charge in [-0.25, -0.2) is 0 Å². The summed E-state index contributed by atoms with van der Waals surface area (Å²) in [6.07, 6.45) is 2.05. The van der Waals surface area contributed by atoms with E-state index in [1.54, 1.807) is 24.3 Å². The molecule has 1 fully saturated rings. The second-order valence-electron chi connectivity index (χ2n) is 4.50. The maximum Gasteiger partial charge on any atom is 0.296 e. The lowest BCUT2D eigenvalue weighted by Gasteiger charge is -2.05. The van der Waals surface area contributed by atoms with Crippen LogP contribution in [0.3, 0.4) is 0 Å². The fraction of sp³-hybridized carbons (Fsp3) is 0.538. The molecule has 0 aromatic heterocycles. The molecule has 0 amide bonds. The molecule has 4 nitrogen and oxygen atoms in total. The fourth-order valence-electron chi connectivity index (χ4n) is 1.84. The highest BCUT2D eigenvalue weighted by Crippen LogP contribution is 2.28. The van der Waals surface area contributed by atoms with Crippen LogP contribution in [0.15, 0.2) is 29.2 Å². The largest absolute Gasteiger partial charge is 0.370 e. The van der Waals surface area contributed by atoms with E-state index in [1.165, 1.54) is 0 Å². The van der Waals surface area contributed by atoms with E-state index >= 15 is 0 Å². The minimum Gasteiger partial charge on any atom is -0.370 e. The normalized spacial score (nSPS) is 23.0. The highest BCUT2D eigenvalue weighted by molar-refractivity contribution is 7.86.